The van der Waals surface area contributed by atoms with Crippen LogP contribution in [0.2, 0.25) is 5.02 Å². The molecule has 0 spiro atoms. The van der Waals surface area contributed by atoms with E-state index in [1.165, 1.54) is 0 Å². The molecule has 0 N–H and O–H groups in total. The van der Waals surface area contributed by atoms with Crippen molar-refractivity contribution >= 4 is 22.5 Å². The molecule has 0 unspecified atom stereocenters. The number of hydrogen-bond donors (Lipinski definition) is 0. The van der Waals surface area contributed by atoms with Gasteiger partial charge in [0, 0.05) is 22.7 Å². The number of fused-ring (bicyclic) bond motifs is 1. The Hall–Kier alpha value is -2.00. The van der Waals surface area contributed by atoms with Crippen molar-refractivity contribution < 1.29 is 9.13 Å². The Bertz CT molecular complexity index is 782. The van der Waals surface area contributed by atoms with E-state index in [9.17, 15) is 4.39 Å². The fraction of sp³-hybridized carbons (Fsp3) is 0.176. The second-order valence-corrected chi connectivity index (χ2v) is 5.22. The summed E-state index contributed by atoms with van der Waals surface area (Å²) in [6.45, 7) is 3.04. The molecular weight excluding hydrogens is 289 g/mol. The fourth-order valence-electron chi connectivity index (χ4n) is 2.43. The van der Waals surface area contributed by atoms with Crippen molar-refractivity contribution in [2.75, 3.05) is 6.61 Å². The zero-order valence-corrected chi connectivity index (χ0v) is 12.4. The van der Waals surface area contributed by atoms with E-state index in [4.69, 9.17) is 16.3 Å². The first kappa shape index (κ1) is 14.0. The Balaban J connectivity index is 1.96. The van der Waals surface area contributed by atoms with Crippen LogP contribution in [0.15, 0.2) is 48.7 Å². The summed E-state index contributed by atoms with van der Waals surface area (Å²) in [4.78, 5) is 0. The SMILES string of the molecule is CCOc1ccc2c(ccn2Cc2cccc(Cl)c2F)c1. The van der Waals surface area contributed by atoms with Gasteiger partial charge < -0.3 is 9.30 Å². The molecule has 0 saturated heterocycles. The van der Waals surface area contributed by atoms with E-state index >= 15 is 0 Å². The van der Waals surface area contributed by atoms with Crippen LogP contribution in [0, 0.1) is 5.82 Å². The van der Waals surface area contributed by atoms with E-state index in [2.05, 4.69) is 0 Å². The normalized spacial score (nSPS) is 11.0. The van der Waals surface area contributed by atoms with E-state index in [1.807, 2.05) is 42.0 Å². The number of ether oxygens (including phenoxy) is 1. The lowest BCUT2D eigenvalue weighted by atomic mass is 10.2. The van der Waals surface area contributed by atoms with Crippen LogP contribution in [0.5, 0.6) is 5.75 Å². The lowest BCUT2D eigenvalue weighted by Gasteiger charge is -2.08. The zero-order chi connectivity index (χ0) is 14.8. The third-order valence-corrected chi connectivity index (χ3v) is 3.72. The predicted molar refractivity (Wildman–Crippen MR) is 83.6 cm³/mol. The molecule has 0 aliphatic rings. The summed E-state index contributed by atoms with van der Waals surface area (Å²) in [6.07, 6.45) is 1.95. The van der Waals surface area contributed by atoms with E-state index in [0.717, 1.165) is 16.7 Å². The van der Waals surface area contributed by atoms with Gasteiger partial charge in [-0.1, -0.05) is 23.7 Å². The molecule has 1 heterocycles. The second-order valence-electron chi connectivity index (χ2n) is 4.81. The Kier molecular flexibility index (Phi) is 3.84. The average molecular weight is 304 g/mol. The van der Waals surface area contributed by atoms with Gasteiger partial charge in [-0.05, 0) is 37.3 Å². The van der Waals surface area contributed by atoms with Crippen molar-refractivity contribution in [3.05, 3.63) is 65.1 Å². The van der Waals surface area contributed by atoms with Gasteiger partial charge >= 0.3 is 0 Å². The quantitative estimate of drug-likeness (QED) is 0.670. The first-order valence-electron chi connectivity index (χ1n) is 6.83. The van der Waals surface area contributed by atoms with Crippen LogP contribution in [0.1, 0.15) is 12.5 Å². The number of aromatic nitrogens is 1. The van der Waals surface area contributed by atoms with Crippen molar-refractivity contribution in [1.82, 2.24) is 4.57 Å². The molecule has 0 aliphatic heterocycles. The van der Waals surface area contributed by atoms with Crippen molar-refractivity contribution in [2.45, 2.75) is 13.5 Å². The van der Waals surface area contributed by atoms with Crippen LogP contribution in [-0.2, 0) is 6.54 Å². The third-order valence-electron chi connectivity index (χ3n) is 3.43. The standard InChI is InChI=1S/C17H15ClFNO/c1-2-21-14-6-7-16-12(10-14)8-9-20(16)11-13-4-3-5-15(18)17(13)19/h3-10H,2,11H2,1H3. The van der Waals surface area contributed by atoms with Gasteiger partial charge in [-0.2, -0.15) is 0 Å². The van der Waals surface area contributed by atoms with Gasteiger partial charge in [0.1, 0.15) is 11.6 Å². The Morgan fingerprint density at radius 3 is 2.86 bits per heavy atom. The molecule has 4 heteroatoms. The van der Waals surface area contributed by atoms with Crippen molar-refractivity contribution in [2.24, 2.45) is 0 Å². The fourth-order valence-corrected chi connectivity index (χ4v) is 2.62. The minimum Gasteiger partial charge on any atom is -0.494 e. The molecule has 0 aliphatic carbocycles. The minimum absolute atomic E-state index is 0.155. The Morgan fingerprint density at radius 2 is 2.05 bits per heavy atom. The van der Waals surface area contributed by atoms with Gasteiger partial charge in [-0.15, -0.1) is 0 Å². The van der Waals surface area contributed by atoms with E-state index in [1.54, 1.807) is 18.2 Å². The van der Waals surface area contributed by atoms with Crippen molar-refractivity contribution in [3.63, 3.8) is 0 Å². The molecule has 108 valence electrons. The highest BCUT2D eigenvalue weighted by Crippen LogP contribution is 2.24. The van der Waals surface area contributed by atoms with E-state index < -0.39 is 0 Å². The van der Waals surface area contributed by atoms with Gasteiger partial charge in [0.15, 0.2) is 0 Å². The van der Waals surface area contributed by atoms with Crippen LogP contribution in [0.25, 0.3) is 10.9 Å². The molecule has 0 saturated carbocycles. The molecule has 3 aromatic rings. The van der Waals surface area contributed by atoms with Crippen molar-refractivity contribution in [3.8, 4) is 5.75 Å². The lowest BCUT2D eigenvalue weighted by molar-refractivity contribution is 0.340. The molecular formula is C17H15ClFNO. The highest BCUT2D eigenvalue weighted by Gasteiger charge is 2.09. The van der Waals surface area contributed by atoms with Gasteiger partial charge in [-0.3, -0.25) is 0 Å². The van der Waals surface area contributed by atoms with Crippen LogP contribution in [0.3, 0.4) is 0 Å². The van der Waals surface area contributed by atoms with Gasteiger partial charge in [0.2, 0.25) is 0 Å². The van der Waals surface area contributed by atoms with Gasteiger partial charge in [-0.25, -0.2) is 4.39 Å². The van der Waals surface area contributed by atoms with Gasteiger partial charge in [0.05, 0.1) is 18.2 Å². The first-order valence-corrected chi connectivity index (χ1v) is 7.21. The van der Waals surface area contributed by atoms with Crippen LogP contribution < -0.4 is 4.74 Å². The molecule has 21 heavy (non-hydrogen) atoms. The maximum atomic E-state index is 14.0. The van der Waals surface area contributed by atoms with Gasteiger partial charge in [0.25, 0.3) is 0 Å². The summed E-state index contributed by atoms with van der Waals surface area (Å²) in [6, 6.07) is 13.0. The summed E-state index contributed by atoms with van der Waals surface area (Å²) >= 11 is 5.83. The smallest absolute Gasteiger partial charge is 0.146 e. The van der Waals surface area contributed by atoms with Crippen molar-refractivity contribution in [1.29, 1.82) is 0 Å². The van der Waals surface area contributed by atoms with E-state index in [-0.39, 0.29) is 10.8 Å². The number of benzene rings is 2. The predicted octanol–water partition coefficient (Wildman–Crippen LogP) is 4.88. The molecule has 1 aromatic heterocycles. The number of halogens is 2. The summed E-state index contributed by atoms with van der Waals surface area (Å²) in [5, 5.41) is 1.23. The van der Waals surface area contributed by atoms with Crippen LogP contribution in [-0.4, -0.2) is 11.2 Å². The second kappa shape index (κ2) is 5.78. The zero-order valence-electron chi connectivity index (χ0n) is 11.6. The first-order chi connectivity index (χ1) is 10.2. The molecule has 2 nitrogen and oxygen atoms in total. The largest absolute Gasteiger partial charge is 0.494 e. The highest BCUT2D eigenvalue weighted by atomic mass is 35.5. The summed E-state index contributed by atoms with van der Waals surface area (Å²) in [5.74, 6) is 0.489. The molecule has 2 aromatic carbocycles. The van der Waals surface area contributed by atoms with Crippen LogP contribution in [0.4, 0.5) is 4.39 Å². The van der Waals surface area contributed by atoms with E-state index in [0.29, 0.717) is 18.7 Å². The summed E-state index contributed by atoms with van der Waals surface area (Å²) < 4.78 is 21.5. The minimum atomic E-state index is -0.355. The molecule has 0 atom stereocenters. The maximum absolute atomic E-state index is 14.0. The average Bonchev–Trinajstić information content (AvgIpc) is 2.87. The summed E-state index contributed by atoms with van der Waals surface area (Å²) in [5.41, 5.74) is 1.62. The number of hydrogen-bond acceptors (Lipinski definition) is 1. The molecule has 0 fully saturated rings. The van der Waals surface area contributed by atoms with Crippen LogP contribution >= 0.6 is 11.6 Å². The molecule has 3 rings (SSSR count). The monoisotopic (exact) mass is 303 g/mol. The highest BCUT2D eigenvalue weighted by molar-refractivity contribution is 6.30. The summed E-state index contributed by atoms with van der Waals surface area (Å²) in [7, 11) is 0. The number of rotatable bonds is 4. The molecule has 0 amide bonds. The maximum Gasteiger partial charge on any atom is 0.146 e. The Morgan fingerprint density at radius 1 is 1.19 bits per heavy atom. The molecule has 0 radical (unpaired) electrons. The Labute approximate surface area is 127 Å². The molecule has 0 bridgehead atoms. The lowest BCUT2D eigenvalue weighted by Crippen LogP contribution is -2.01. The number of nitrogens with zero attached hydrogens (tertiary/aromatic N) is 1. The topological polar surface area (TPSA) is 14.2 Å². The third kappa shape index (κ3) is 2.74.